The van der Waals surface area contributed by atoms with Gasteiger partial charge in [-0.15, -0.1) is 0 Å². The van der Waals surface area contributed by atoms with Crippen LogP contribution in [0.15, 0.2) is 42.6 Å². The zero-order valence-corrected chi connectivity index (χ0v) is 31.0. The maximum absolute atomic E-state index is 12.5. The van der Waals surface area contributed by atoms with Gasteiger partial charge in [-0.1, -0.05) is 36.9 Å². The first-order valence-corrected chi connectivity index (χ1v) is 19.2. The first-order valence-electron chi connectivity index (χ1n) is 12.2. The third kappa shape index (κ3) is 18.0. The molecule has 0 fully saturated rings. The number of benzene rings is 1. The fourth-order valence-corrected chi connectivity index (χ4v) is 7.86. The standard InChI is InChI=1S/C9H14O3Si.C6H13F3O3Si.C5H12O3Si.C3H9FO3Si/c1-10-13(11-2,12-3)9-7-5-4-6-8-9;1-10-13(11-2,12-3)5-4-6(7,8)9;1-5-9(6-2,7-3)8-4;1-5-8(4,6-2)7-3/h4-8H,1-3H3;4-5H2,1-3H3;5H,1H2,2-4H3;1-3H3. The Balaban J connectivity index is -0.000000507. The SMILES string of the molecule is C=C[Si](OC)(OC)OC.CO[Si](CCC(F)(F)F)(OC)OC.CO[Si](F)(OC)OC.CO[Si](OC)(OC)c1ccccc1. The molecule has 0 bridgehead atoms. The molecule has 0 amide bonds. The van der Waals surface area contributed by atoms with E-state index in [0.29, 0.717) is 0 Å². The second kappa shape index (κ2) is 24.3. The van der Waals surface area contributed by atoms with Crippen LogP contribution in [-0.2, 0) is 53.1 Å². The Morgan fingerprint density at radius 1 is 0.605 bits per heavy atom. The van der Waals surface area contributed by atoms with Crippen LogP contribution in [0.2, 0.25) is 6.04 Å². The van der Waals surface area contributed by atoms with Gasteiger partial charge in [0, 0.05) is 103 Å². The molecule has 1 rings (SSSR count). The summed E-state index contributed by atoms with van der Waals surface area (Å²) in [6, 6.07) is 9.47. The van der Waals surface area contributed by atoms with Crippen LogP contribution in [0.1, 0.15) is 6.42 Å². The first kappa shape index (κ1) is 46.5. The van der Waals surface area contributed by atoms with Crippen molar-refractivity contribution in [3.05, 3.63) is 42.6 Å². The molecule has 256 valence electrons. The van der Waals surface area contributed by atoms with Crippen molar-refractivity contribution in [3.63, 3.8) is 0 Å². The Hall–Kier alpha value is -0.932. The van der Waals surface area contributed by atoms with E-state index in [0.717, 1.165) is 5.19 Å². The minimum absolute atomic E-state index is 0.250. The van der Waals surface area contributed by atoms with Crippen molar-refractivity contribution >= 4 is 40.7 Å². The van der Waals surface area contributed by atoms with Crippen molar-refractivity contribution in [3.8, 4) is 0 Å². The van der Waals surface area contributed by atoms with Crippen LogP contribution in [0, 0.1) is 0 Å². The quantitative estimate of drug-likeness (QED) is 0.143. The van der Waals surface area contributed by atoms with Crippen LogP contribution in [0.25, 0.3) is 0 Å². The smallest absolute Gasteiger partial charge is 0.377 e. The maximum atomic E-state index is 12.5. The van der Waals surface area contributed by atoms with Gasteiger partial charge in [-0.25, -0.2) is 4.11 Å². The third-order valence-corrected chi connectivity index (χ3v) is 14.5. The van der Waals surface area contributed by atoms with Crippen LogP contribution in [0.5, 0.6) is 0 Å². The number of hydrogen-bond acceptors (Lipinski definition) is 12. The van der Waals surface area contributed by atoms with Gasteiger partial charge in [-0.05, 0) is 5.70 Å². The minimum atomic E-state index is -4.20. The molecule has 0 spiro atoms. The van der Waals surface area contributed by atoms with E-state index in [1.54, 1.807) is 48.4 Å². The normalized spacial score (nSPS) is 12.2. The minimum Gasteiger partial charge on any atom is -0.377 e. The molecule has 1 aromatic carbocycles. The average Bonchev–Trinajstić information content (AvgIpc) is 3.05. The topological polar surface area (TPSA) is 111 Å². The summed E-state index contributed by atoms with van der Waals surface area (Å²) in [5, 5.41) is 0.975. The highest BCUT2D eigenvalue weighted by Crippen LogP contribution is 2.26. The van der Waals surface area contributed by atoms with Crippen molar-refractivity contribution in [2.45, 2.75) is 18.6 Å². The Bertz CT molecular complexity index is 767. The molecule has 0 saturated carbocycles. The molecule has 0 aliphatic heterocycles. The van der Waals surface area contributed by atoms with E-state index in [2.05, 4.69) is 19.9 Å². The van der Waals surface area contributed by atoms with Crippen molar-refractivity contribution in [2.24, 2.45) is 0 Å². The van der Waals surface area contributed by atoms with E-state index in [-0.39, 0.29) is 6.04 Å². The highest BCUT2D eigenvalue weighted by atomic mass is 28.4. The summed E-state index contributed by atoms with van der Waals surface area (Å²) in [6.07, 6.45) is -5.15. The molecule has 0 aromatic heterocycles. The molecule has 0 heterocycles. The molecular weight excluding hydrogens is 657 g/mol. The van der Waals surface area contributed by atoms with E-state index >= 15 is 0 Å². The molecule has 0 aliphatic carbocycles. The lowest BCUT2D eigenvalue weighted by Gasteiger charge is -2.24. The summed E-state index contributed by atoms with van der Waals surface area (Å²) in [7, 11) is 5.18. The summed E-state index contributed by atoms with van der Waals surface area (Å²) >= 11 is 0. The first-order chi connectivity index (χ1) is 20.1. The van der Waals surface area contributed by atoms with Crippen LogP contribution in [0.4, 0.5) is 17.3 Å². The second-order valence-electron chi connectivity index (χ2n) is 7.46. The number of hydrogen-bond donors (Lipinski definition) is 0. The van der Waals surface area contributed by atoms with Crippen LogP contribution >= 0.6 is 0 Å². The lowest BCUT2D eigenvalue weighted by atomic mass is 10.4. The molecule has 1 aromatic rings. The summed E-state index contributed by atoms with van der Waals surface area (Å²) < 4.78 is 106. The fraction of sp³-hybridized carbons (Fsp3) is 0.652. The van der Waals surface area contributed by atoms with Crippen LogP contribution in [-0.4, -0.2) is 127 Å². The van der Waals surface area contributed by atoms with Gasteiger partial charge in [-0.2, -0.15) is 13.2 Å². The zero-order chi connectivity index (χ0) is 34.2. The number of rotatable bonds is 16. The molecule has 0 unspecified atom stereocenters. The molecule has 0 saturated heterocycles. The van der Waals surface area contributed by atoms with Gasteiger partial charge in [0.25, 0.3) is 0 Å². The van der Waals surface area contributed by atoms with Gasteiger partial charge in [-0.3, -0.25) is 0 Å². The van der Waals surface area contributed by atoms with Gasteiger partial charge in [0.1, 0.15) is 0 Å². The van der Waals surface area contributed by atoms with Gasteiger partial charge in [0.2, 0.25) is 0 Å². The lowest BCUT2D eigenvalue weighted by molar-refractivity contribution is -0.132. The Labute approximate surface area is 257 Å². The summed E-state index contributed by atoms with van der Waals surface area (Å²) in [4.78, 5) is 0. The van der Waals surface area contributed by atoms with Gasteiger partial charge in [0.05, 0.1) is 0 Å². The Morgan fingerprint density at radius 2 is 0.977 bits per heavy atom. The molecule has 0 atom stereocenters. The van der Waals surface area contributed by atoms with E-state index in [9.17, 15) is 17.3 Å². The Morgan fingerprint density at radius 3 is 1.16 bits per heavy atom. The zero-order valence-electron chi connectivity index (χ0n) is 27.0. The van der Waals surface area contributed by atoms with Crippen molar-refractivity contribution in [1.82, 2.24) is 0 Å². The van der Waals surface area contributed by atoms with E-state index in [4.69, 9.17) is 39.8 Å². The highest BCUT2D eigenvalue weighted by molar-refractivity contribution is 6.75. The molecular formula is C23H48F4O12Si4. The molecule has 43 heavy (non-hydrogen) atoms. The van der Waals surface area contributed by atoms with Gasteiger partial charge >= 0.3 is 41.7 Å². The van der Waals surface area contributed by atoms with Crippen molar-refractivity contribution in [1.29, 1.82) is 0 Å². The van der Waals surface area contributed by atoms with E-state index < -0.39 is 48.1 Å². The van der Waals surface area contributed by atoms with Crippen LogP contribution < -0.4 is 5.19 Å². The molecule has 20 heteroatoms. The van der Waals surface area contributed by atoms with Gasteiger partial charge < -0.3 is 53.1 Å². The molecule has 0 N–H and O–H groups in total. The van der Waals surface area contributed by atoms with Crippen LogP contribution in [0.3, 0.4) is 0 Å². The molecule has 12 nitrogen and oxygen atoms in total. The predicted octanol–water partition coefficient (Wildman–Crippen LogP) is 3.51. The third-order valence-electron chi connectivity index (χ3n) is 5.42. The Kier molecular flexibility index (Phi) is 26.3. The summed E-state index contributed by atoms with van der Waals surface area (Å²) in [6.45, 7) is 3.53. The second-order valence-corrected chi connectivity index (χ2v) is 18.5. The van der Waals surface area contributed by atoms with Crippen molar-refractivity contribution < 1.29 is 70.4 Å². The fourth-order valence-electron chi connectivity index (χ4n) is 2.85. The van der Waals surface area contributed by atoms with E-state index in [1.807, 2.05) is 30.3 Å². The monoisotopic (exact) mass is 704 g/mol. The van der Waals surface area contributed by atoms with E-state index in [1.165, 1.54) is 42.7 Å². The average molecular weight is 705 g/mol. The highest BCUT2D eigenvalue weighted by Gasteiger charge is 2.43. The summed E-state index contributed by atoms with van der Waals surface area (Å²) in [5.74, 6) is 0. The molecule has 0 radical (unpaired) electrons. The number of alkyl halides is 3. The predicted molar refractivity (Wildman–Crippen MR) is 160 cm³/mol. The summed E-state index contributed by atoms with van der Waals surface area (Å²) in [5.41, 5.74) is 1.58. The number of halogens is 4. The maximum Gasteiger partial charge on any atom is 0.719 e. The molecule has 0 aliphatic rings. The van der Waals surface area contributed by atoms with Gasteiger partial charge in [0.15, 0.2) is 0 Å². The largest absolute Gasteiger partial charge is 0.719 e. The van der Waals surface area contributed by atoms with Crippen molar-refractivity contribution in [2.75, 3.05) is 85.3 Å². The lowest BCUT2D eigenvalue weighted by Crippen LogP contribution is -2.54.